The van der Waals surface area contributed by atoms with E-state index in [9.17, 15) is 0 Å². The van der Waals surface area contributed by atoms with E-state index in [1.165, 1.54) is 17.5 Å². The highest BCUT2D eigenvalue weighted by atomic mass is 35.5. The zero-order valence-corrected chi connectivity index (χ0v) is 11.2. The molecule has 1 N–H and O–H groups in total. The van der Waals surface area contributed by atoms with Gasteiger partial charge in [-0.15, -0.1) is 0 Å². The maximum Gasteiger partial charge on any atom is 0.219 e. The molecule has 0 aliphatic heterocycles. The zero-order valence-electron chi connectivity index (χ0n) is 10.4. The van der Waals surface area contributed by atoms with Crippen LogP contribution in [0.4, 0.5) is 0 Å². The smallest absolute Gasteiger partial charge is 0.219 e. The number of ether oxygens (including phenoxy) is 1. The Bertz CT molecular complexity index is 604. The minimum absolute atomic E-state index is 0.194. The van der Waals surface area contributed by atoms with E-state index in [1.807, 2.05) is 6.07 Å². The number of nitrogens with zero attached hydrogens (tertiary/aromatic N) is 1. The molecule has 0 atom stereocenters. The summed E-state index contributed by atoms with van der Waals surface area (Å²) in [6.45, 7) is -0.194. The normalized spacial score (nSPS) is 13.4. The fourth-order valence-corrected chi connectivity index (χ4v) is 2.53. The molecule has 98 valence electrons. The molecule has 2 aromatic rings. The lowest BCUT2D eigenvalue weighted by atomic mass is 10.1. The second-order valence-electron chi connectivity index (χ2n) is 4.62. The van der Waals surface area contributed by atoms with Crippen molar-refractivity contribution in [3.8, 4) is 11.6 Å². The van der Waals surface area contributed by atoms with E-state index >= 15 is 0 Å². The number of aromatic nitrogens is 1. The Balaban J connectivity index is 1.85. The number of hydrogen-bond donors (Lipinski definition) is 1. The van der Waals surface area contributed by atoms with Crippen LogP contribution in [0.1, 0.15) is 23.2 Å². The Morgan fingerprint density at radius 3 is 2.84 bits per heavy atom. The van der Waals surface area contributed by atoms with Crippen molar-refractivity contribution in [2.45, 2.75) is 25.9 Å². The van der Waals surface area contributed by atoms with Crippen LogP contribution in [0.2, 0.25) is 5.02 Å². The summed E-state index contributed by atoms with van der Waals surface area (Å²) in [7, 11) is 0. The van der Waals surface area contributed by atoms with Crippen LogP contribution in [-0.2, 0) is 19.4 Å². The van der Waals surface area contributed by atoms with Crippen LogP contribution >= 0.6 is 11.6 Å². The first-order valence-electron chi connectivity index (χ1n) is 6.32. The average molecular weight is 276 g/mol. The van der Waals surface area contributed by atoms with E-state index in [1.54, 1.807) is 12.1 Å². The van der Waals surface area contributed by atoms with Crippen LogP contribution in [0, 0.1) is 0 Å². The van der Waals surface area contributed by atoms with Crippen LogP contribution in [0.5, 0.6) is 11.6 Å². The highest BCUT2D eigenvalue weighted by Crippen LogP contribution is 2.29. The largest absolute Gasteiger partial charge is 0.439 e. The zero-order chi connectivity index (χ0) is 13.2. The minimum atomic E-state index is -0.194. The molecule has 3 nitrogen and oxygen atoms in total. The minimum Gasteiger partial charge on any atom is -0.439 e. The molecule has 1 aromatic heterocycles. The summed E-state index contributed by atoms with van der Waals surface area (Å²) in [6.07, 6.45) is 3.48. The number of aryl methyl sites for hydroxylation is 2. The summed E-state index contributed by atoms with van der Waals surface area (Å²) in [5.41, 5.74) is 3.20. The lowest BCUT2D eigenvalue weighted by molar-refractivity contribution is 0.275. The predicted molar refractivity (Wildman–Crippen MR) is 73.7 cm³/mol. The van der Waals surface area contributed by atoms with Gasteiger partial charge in [0.05, 0.1) is 17.3 Å². The van der Waals surface area contributed by atoms with Gasteiger partial charge in [-0.05, 0) is 48.6 Å². The molecule has 3 rings (SSSR count). The van der Waals surface area contributed by atoms with E-state index in [-0.39, 0.29) is 6.61 Å². The molecule has 1 aliphatic carbocycles. The van der Waals surface area contributed by atoms with Crippen molar-refractivity contribution in [1.82, 2.24) is 4.98 Å². The predicted octanol–water partition coefficient (Wildman–Crippen LogP) is 3.51. The Hall–Kier alpha value is -1.58. The van der Waals surface area contributed by atoms with Crippen LogP contribution in [-0.4, -0.2) is 10.1 Å². The van der Waals surface area contributed by atoms with Crippen LogP contribution in [0.3, 0.4) is 0 Å². The van der Waals surface area contributed by atoms with Gasteiger partial charge < -0.3 is 9.84 Å². The monoisotopic (exact) mass is 275 g/mol. The van der Waals surface area contributed by atoms with Gasteiger partial charge in [-0.1, -0.05) is 17.7 Å². The van der Waals surface area contributed by atoms with Gasteiger partial charge >= 0.3 is 0 Å². The Kier molecular flexibility index (Phi) is 3.40. The summed E-state index contributed by atoms with van der Waals surface area (Å²) < 4.78 is 5.72. The van der Waals surface area contributed by atoms with Crippen LogP contribution in [0.15, 0.2) is 30.3 Å². The van der Waals surface area contributed by atoms with Crippen molar-refractivity contribution in [2.75, 3.05) is 0 Å². The highest BCUT2D eigenvalue weighted by molar-refractivity contribution is 6.31. The third-order valence-electron chi connectivity index (χ3n) is 3.34. The number of aliphatic hydroxyl groups excluding tert-OH is 1. The maximum absolute atomic E-state index is 9.13. The molecule has 0 radical (unpaired) electrons. The summed E-state index contributed by atoms with van der Waals surface area (Å²) in [4.78, 5) is 4.18. The third kappa shape index (κ3) is 2.57. The van der Waals surface area contributed by atoms with Crippen molar-refractivity contribution in [3.05, 3.63) is 52.2 Å². The Labute approximate surface area is 116 Å². The number of aliphatic hydroxyl groups is 1. The molecule has 0 bridgehead atoms. The number of benzene rings is 1. The molecule has 0 unspecified atom stereocenters. The van der Waals surface area contributed by atoms with E-state index in [0.717, 1.165) is 18.6 Å². The van der Waals surface area contributed by atoms with Gasteiger partial charge in [-0.3, -0.25) is 0 Å². The summed E-state index contributed by atoms with van der Waals surface area (Å²) >= 11 is 5.90. The molecular weight excluding hydrogens is 262 g/mol. The lowest BCUT2D eigenvalue weighted by Crippen LogP contribution is -1.95. The highest BCUT2D eigenvalue weighted by Gasteiger charge is 2.12. The second kappa shape index (κ2) is 5.19. The van der Waals surface area contributed by atoms with E-state index in [2.05, 4.69) is 17.1 Å². The second-order valence-corrected chi connectivity index (χ2v) is 5.03. The van der Waals surface area contributed by atoms with Gasteiger partial charge in [0.1, 0.15) is 5.75 Å². The third-order valence-corrected chi connectivity index (χ3v) is 3.68. The first-order chi connectivity index (χ1) is 9.26. The fourth-order valence-electron chi connectivity index (χ4n) is 2.36. The standard InChI is InChI=1S/C15H14ClNO2/c16-13-6-7-15(17-14(13)9-18)19-12-5-4-10-2-1-3-11(10)8-12/h4-8,18H,1-3,9H2. The van der Waals surface area contributed by atoms with Crippen molar-refractivity contribution in [1.29, 1.82) is 0 Å². The van der Waals surface area contributed by atoms with Gasteiger partial charge in [-0.2, -0.15) is 0 Å². The number of pyridine rings is 1. The lowest BCUT2D eigenvalue weighted by Gasteiger charge is -2.08. The van der Waals surface area contributed by atoms with Gasteiger partial charge in [0.15, 0.2) is 0 Å². The van der Waals surface area contributed by atoms with Crippen LogP contribution < -0.4 is 4.74 Å². The van der Waals surface area contributed by atoms with Crippen LogP contribution in [0.25, 0.3) is 0 Å². The van der Waals surface area contributed by atoms with E-state index in [4.69, 9.17) is 21.4 Å². The Morgan fingerprint density at radius 2 is 2.00 bits per heavy atom. The first kappa shape index (κ1) is 12.5. The molecule has 0 saturated carbocycles. The molecule has 0 fully saturated rings. The van der Waals surface area contributed by atoms with Gasteiger partial charge in [-0.25, -0.2) is 4.98 Å². The molecule has 0 spiro atoms. The van der Waals surface area contributed by atoms with Crippen molar-refractivity contribution < 1.29 is 9.84 Å². The van der Waals surface area contributed by atoms with E-state index in [0.29, 0.717) is 16.6 Å². The van der Waals surface area contributed by atoms with Gasteiger partial charge in [0.2, 0.25) is 5.88 Å². The van der Waals surface area contributed by atoms with Crippen molar-refractivity contribution in [3.63, 3.8) is 0 Å². The molecule has 1 aromatic carbocycles. The number of rotatable bonds is 3. The quantitative estimate of drug-likeness (QED) is 0.932. The average Bonchev–Trinajstić information content (AvgIpc) is 2.88. The number of fused-ring (bicyclic) bond motifs is 1. The topological polar surface area (TPSA) is 42.4 Å². The molecular formula is C15H14ClNO2. The molecule has 19 heavy (non-hydrogen) atoms. The maximum atomic E-state index is 9.13. The molecule has 4 heteroatoms. The Morgan fingerprint density at radius 1 is 1.16 bits per heavy atom. The van der Waals surface area contributed by atoms with E-state index < -0.39 is 0 Å². The van der Waals surface area contributed by atoms with Gasteiger partial charge in [0, 0.05) is 6.07 Å². The summed E-state index contributed by atoms with van der Waals surface area (Å²) in [5, 5.41) is 9.58. The fraction of sp³-hybridized carbons (Fsp3) is 0.267. The molecule has 1 aliphatic rings. The molecule has 1 heterocycles. The molecule has 0 saturated heterocycles. The van der Waals surface area contributed by atoms with Gasteiger partial charge in [0.25, 0.3) is 0 Å². The summed E-state index contributed by atoms with van der Waals surface area (Å²) in [5.74, 6) is 1.23. The van der Waals surface area contributed by atoms with Crippen molar-refractivity contribution in [2.24, 2.45) is 0 Å². The number of hydrogen-bond acceptors (Lipinski definition) is 3. The van der Waals surface area contributed by atoms with Crippen molar-refractivity contribution >= 4 is 11.6 Å². The number of halogens is 1. The SMILES string of the molecule is OCc1nc(Oc2ccc3c(c2)CCC3)ccc1Cl. The molecule has 0 amide bonds. The summed E-state index contributed by atoms with van der Waals surface area (Å²) in [6, 6.07) is 9.52. The first-order valence-corrected chi connectivity index (χ1v) is 6.70.